The number of amides is 1. The van der Waals surface area contributed by atoms with Crippen LogP contribution in [0.4, 0.5) is 4.39 Å². The molecule has 0 aromatic heterocycles. The Bertz CT molecular complexity index is 421. The van der Waals surface area contributed by atoms with Crippen molar-refractivity contribution in [1.82, 2.24) is 5.32 Å². The maximum atomic E-state index is 13.5. The van der Waals surface area contributed by atoms with E-state index in [-0.39, 0.29) is 5.82 Å². The summed E-state index contributed by atoms with van der Waals surface area (Å²) in [5, 5.41) is 3.20. The molecule has 1 aromatic carbocycles. The van der Waals surface area contributed by atoms with Gasteiger partial charge in [-0.25, -0.2) is 4.39 Å². The lowest BCUT2D eigenvalue weighted by Crippen LogP contribution is -2.43. The van der Waals surface area contributed by atoms with Crippen molar-refractivity contribution >= 4 is 17.7 Å². The van der Waals surface area contributed by atoms with E-state index in [1.54, 1.807) is 17.8 Å². The maximum absolute atomic E-state index is 13.5. The number of halogens is 1. The summed E-state index contributed by atoms with van der Waals surface area (Å²) in [6, 6.07) is 4.27. The van der Waals surface area contributed by atoms with Gasteiger partial charge in [0.2, 0.25) is 5.91 Å². The standard InChI is InChI=1S/C12H15FN2OS/c13-11-2-1-9(12(14)16)3-10(11)7-17-6-8-4-15-5-8/h1-3,8,15H,4-7H2,(H2,14,16). The molecule has 0 saturated carbocycles. The SMILES string of the molecule is NC(=O)c1ccc(F)c(CSCC2CNC2)c1. The number of hydrogen-bond acceptors (Lipinski definition) is 3. The van der Waals surface area contributed by atoms with Crippen molar-refractivity contribution in [3.8, 4) is 0 Å². The summed E-state index contributed by atoms with van der Waals surface area (Å²) in [5.41, 5.74) is 6.09. The van der Waals surface area contributed by atoms with Gasteiger partial charge in [-0.15, -0.1) is 0 Å². The topological polar surface area (TPSA) is 55.1 Å². The van der Waals surface area contributed by atoms with Gasteiger partial charge >= 0.3 is 0 Å². The van der Waals surface area contributed by atoms with E-state index in [1.165, 1.54) is 12.1 Å². The molecule has 0 atom stereocenters. The van der Waals surface area contributed by atoms with Crippen LogP contribution in [-0.4, -0.2) is 24.7 Å². The predicted molar refractivity (Wildman–Crippen MR) is 67.4 cm³/mol. The van der Waals surface area contributed by atoms with Crippen molar-refractivity contribution in [3.63, 3.8) is 0 Å². The van der Waals surface area contributed by atoms with Crippen LogP contribution in [0.2, 0.25) is 0 Å². The molecule has 2 rings (SSSR count). The molecular formula is C12H15FN2OS. The lowest BCUT2D eigenvalue weighted by atomic mass is 10.1. The summed E-state index contributed by atoms with van der Waals surface area (Å²) in [6.07, 6.45) is 0. The predicted octanol–water partition coefficient (Wildman–Crippen LogP) is 1.38. The number of carbonyl (C=O) groups is 1. The molecule has 1 fully saturated rings. The van der Waals surface area contributed by atoms with Crippen LogP contribution in [0, 0.1) is 11.7 Å². The molecule has 0 bridgehead atoms. The fourth-order valence-electron chi connectivity index (χ4n) is 1.64. The van der Waals surface area contributed by atoms with Crippen LogP contribution in [0.1, 0.15) is 15.9 Å². The van der Waals surface area contributed by atoms with Crippen LogP contribution in [0.5, 0.6) is 0 Å². The number of carbonyl (C=O) groups excluding carboxylic acids is 1. The Hall–Kier alpha value is -1.07. The molecule has 0 spiro atoms. The molecule has 1 heterocycles. The monoisotopic (exact) mass is 254 g/mol. The minimum Gasteiger partial charge on any atom is -0.366 e. The molecule has 1 aromatic rings. The van der Waals surface area contributed by atoms with Gasteiger partial charge in [-0.2, -0.15) is 11.8 Å². The highest BCUT2D eigenvalue weighted by Crippen LogP contribution is 2.20. The highest BCUT2D eigenvalue weighted by atomic mass is 32.2. The summed E-state index contributed by atoms with van der Waals surface area (Å²) in [5.74, 6) is 1.52. The minimum absolute atomic E-state index is 0.269. The van der Waals surface area contributed by atoms with E-state index < -0.39 is 5.91 Å². The van der Waals surface area contributed by atoms with Gasteiger partial charge in [-0.05, 0) is 48.5 Å². The van der Waals surface area contributed by atoms with Gasteiger partial charge < -0.3 is 11.1 Å². The fourth-order valence-corrected chi connectivity index (χ4v) is 2.77. The smallest absolute Gasteiger partial charge is 0.248 e. The average Bonchev–Trinajstić information content (AvgIpc) is 2.23. The van der Waals surface area contributed by atoms with Crippen molar-refractivity contribution in [1.29, 1.82) is 0 Å². The largest absolute Gasteiger partial charge is 0.366 e. The van der Waals surface area contributed by atoms with E-state index in [2.05, 4.69) is 5.32 Å². The Morgan fingerprint density at radius 3 is 2.88 bits per heavy atom. The lowest BCUT2D eigenvalue weighted by Gasteiger charge is -2.26. The highest BCUT2D eigenvalue weighted by molar-refractivity contribution is 7.98. The van der Waals surface area contributed by atoms with E-state index in [4.69, 9.17) is 5.73 Å². The van der Waals surface area contributed by atoms with E-state index in [1.807, 2.05) is 0 Å². The Kier molecular flexibility index (Phi) is 4.02. The average molecular weight is 254 g/mol. The molecule has 17 heavy (non-hydrogen) atoms. The van der Waals surface area contributed by atoms with E-state index in [0.717, 1.165) is 18.8 Å². The molecule has 0 aliphatic carbocycles. The normalized spacial score (nSPS) is 15.6. The highest BCUT2D eigenvalue weighted by Gasteiger charge is 2.16. The molecular weight excluding hydrogens is 239 g/mol. The first kappa shape index (κ1) is 12.4. The van der Waals surface area contributed by atoms with Crippen molar-refractivity contribution < 1.29 is 9.18 Å². The molecule has 1 aliphatic rings. The maximum Gasteiger partial charge on any atom is 0.248 e. The van der Waals surface area contributed by atoms with Crippen LogP contribution < -0.4 is 11.1 Å². The number of thioether (sulfide) groups is 1. The summed E-state index contributed by atoms with van der Waals surface area (Å²) < 4.78 is 13.5. The van der Waals surface area contributed by atoms with Gasteiger partial charge in [0.05, 0.1) is 0 Å². The second-order valence-electron chi connectivity index (χ2n) is 4.21. The zero-order chi connectivity index (χ0) is 12.3. The van der Waals surface area contributed by atoms with Crippen molar-refractivity contribution in [3.05, 3.63) is 35.1 Å². The number of rotatable bonds is 5. The minimum atomic E-state index is -0.514. The number of benzene rings is 1. The van der Waals surface area contributed by atoms with Gasteiger partial charge in [0, 0.05) is 11.3 Å². The number of nitrogens with two attached hydrogens (primary N) is 1. The van der Waals surface area contributed by atoms with Crippen LogP contribution in [-0.2, 0) is 5.75 Å². The molecule has 5 heteroatoms. The fraction of sp³-hybridized carbons (Fsp3) is 0.417. The molecule has 1 amide bonds. The summed E-state index contributed by atoms with van der Waals surface area (Å²) in [7, 11) is 0. The van der Waals surface area contributed by atoms with Gasteiger partial charge in [0.15, 0.2) is 0 Å². The molecule has 1 aliphatic heterocycles. The van der Waals surface area contributed by atoms with E-state index in [9.17, 15) is 9.18 Å². The van der Waals surface area contributed by atoms with Crippen LogP contribution in [0.3, 0.4) is 0 Å². The first-order chi connectivity index (χ1) is 8.16. The Balaban J connectivity index is 1.93. The van der Waals surface area contributed by atoms with Gasteiger partial charge in [-0.1, -0.05) is 0 Å². The number of nitrogens with one attached hydrogen (secondary N) is 1. The molecule has 3 nitrogen and oxygen atoms in total. The van der Waals surface area contributed by atoms with E-state index in [0.29, 0.717) is 22.8 Å². The first-order valence-electron chi connectivity index (χ1n) is 5.53. The molecule has 0 unspecified atom stereocenters. The second-order valence-corrected chi connectivity index (χ2v) is 5.24. The Morgan fingerprint density at radius 1 is 1.53 bits per heavy atom. The molecule has 92 valence electrons. The lowest BCUT2D eigenvalue weighted by molar-refractivity contribution is 0.1000. The van der Waals surface area contributed by atoms with Gasteiger partial charge in [-0.3, -0.25) is 4.79 Å². The number of primary amides is 1. The van der Waals surface area contributed by atoms with E-state index >= 15 is 0 Å². The van der Waals surface area contributed by atoms with Gasteiger partial charge in [0.25, 0.3) is 0 Å². The zero-order valence-electron chi connectivity index (χ0n) is 9.41. The van der Waals surface area contributed by atoms with Gasteiger partial charge in [0.1, 0.15) is 5.82 Å². The Labute approximate surface area is 104 Å². The summed E-state index contributed by atoms with van der Waals surface area (Å²) >= 11 is 1.69. The summed E-state index contributed by atoms with van der Waals surface area (Å²) in [4.78, 5) is 11.0. The Morgan fingerprint density at radius 2 is 2.29 bits per heavy atom. The summed E-state index contributed by atoms with van der Waals surface area (Å²) in [6.45, 7) is 2.10. The third kappa shape index (κ3) is 3.20. The van der Waals surface area contributed by atoms with Crippen molar-refractivity contribution in [2.45, 2.75) is 5.75 Å². The van der Waals surface area contributed by atoms with Crippen LogP contribution in [0.15, 0.2) is 18.2 Å². The number of hydrogen-bond donors (Lipinski definition) is 2. The van der Waals surface area contributed by atoms with Crippen LogP contribution in [0.25, 0.3) is 0 Å². The third-order valence-corrected chi connectivity index (χ3v) is 4.03. The molecule has 1 saturated heterocycles. The van der Waals surface area contributed by atoms with Crippen LogP contribution >= 0.6 is 11.8 Å². The van der Waals surface area contributed by atoms with Crippen molar-refractivity contribution in [2.24, 2.45) is 11.7 Å². The zero-order valence-corrected chi connectivity index (χ0v) is 10.2. The second kappa shape index (κ2) is 5.51. The molecule has 3 N–H and O–H groups in total. The quantitative estimate of drug-likeness (QED) is 0.834. The molecule has 0 radical (unpaired) electrons. The first-order valence-corrected chi connectivity index (χ1v) is 6.69. The van der Waals surface area contributed by atoms with Crippen molar-refractivity contribution in [2.75, 3.05) is 18.8 Å². The third-order valence-electron chi connectivity index (χ3n) is 2.81.